The molecule has 146 valence electrons. The van der Waals surface area contributed by atoms with Crippen molar-refractivity contribution in [2.24, 2.45) is 5.92 Å². The Kier molecular flexibility index (Phi) is 6.98. The van der Waals surface area contributed by atoms with Crippen LogP contribution in [0, 0.1) is 12.8 Å². The first-order valence-electron chi connectivity index (χ1n) is 8.85. The Balaban J connectivity index is 1.90. The van der Waals surface area contributed by atoms with Crippen LogP contribution in [0.2, 0.25) is 0 Å². The second kappa shape index (κ2) is 9.21. The Morgan fingerprint density at radius 3 is 2.67 bits per heavy atom. The minimum atomic E-state index is -0.771. The number of methoxy groups -OCH3 is 1. The van der Waals surface area contributed by atoms with Gasteiger partial charge in [-0.25, -0.2) is 4.79 Å². The second-order valence-electron chi connectivity index (χ2n) is 6.55. The molecule has 0 bridgehead atoms. The van der Waals surface area contributed by atoms with Crippen molar-refractivity contribution in [1.82, 2.24) is 5.32 Å². The monoisotopic (exact) mass is 375 g/mol. The van der Waals surface area contributed by atoms with Gasteiger partial charge >= 0.3 is 11.9 Å². The first-order chi connectivity index (χ1) is 12.8. The van der Waals surface area contributed by atoms with Crippen LogP contribution in [0.15, 0.2) is 28.9 Å². The van der Waals surface area contributed by atoms with Gasteiger partial charge in [0.05, 0.1) is 19.8 Å². The molecule has 0 aliphatic rings. The third kappa shape index (κ3) is 5.32. The maximum atomic E-state index is 12.1. The number of hydrogen-bond donors (Lipinski definition) is 1. The van der Waals surface area contributed by atoms with Crippen molar-refractivity contribution in [2.75, 3.05) is 13.7 Å². The number of fused-ring (bicyclic) bond motifs is 1. The SMILES string of the molecule is CC[C@H](C)[C@H](NC(=O)COC(=O)Cc1coc2cc(C)ccc12)C(=O)OC. The number of nitrogens with one attached hydrogen (secondary N) is 1. The third-order valence-corrected chi connectivity index (χ3v) is 4.49. The van der Waals surface area contributed by atoms with Gasteiger partial charge in [0.25, 0.3) is 5.91 Å². The van der Waals surface area contributed by atoms with Gasteiger partial charge < -0.3 is 19.2 Å². The molecule has 0 saturated carbocycles. The minimum absolute atomic E-state index is 0.00483. The fraction of sp³-hybridized carbons (Fsp3) is 0.450. The van der Waals surface area contributed by atoms with E-state index in [4.69, 9.17) is 13.9 Å². The molecular formula is C20H25NO6. The zero-order valence-corrected chi connectivity index (χ0v) is 16.0. The van der Waals surface area contributed by atoms with Crippen molar-refractivity contribution in [3.8, 4) is 0 Å². The van der Waals surface area contributed by atoms with Crippen molar-refractivity contribution < 1.29 is 28.3 Å². The maximum Gasteiger partial charge on any atom is 0.328 e. The van der Waals surface area contributed by atoms with Crippen molar-refractivity contribution in [2.45, 2.75) is 39.7 Å². The molecule has 2 aromatic rings. The van der Waals surface area contributed by atoms with Crippen molar-refractivity contribution in [3.63, 3.8) is 0 Å². The standard InChI is InChI=1S/C20H25NO6/c1-5-13(3)19(20(24)25-4)21-17(22)11-27-18(23)9-14-10-26-16-8-12(2)6-7-15(14)16/h6-8,10,13,19H,5,9,11H2,1-4H3,(H,21,22)/t13-,19-/m0/s1. The van der Waals surface area contributed by atoms with E-state index in [1.165, 1.54) is 13.4 Å². The summed E-state index contributed by atoms with van der Waals surface area (Å²) in [6, 6.07) is 4.94. The molecule has 7 heteroatoms. The van der Waals surface area contributed by atoms with Gasteiger partial charge in [-0.1, -0.05) is 32.4 Å². The van der Waals surface area contributed by atoms with E-state index in [2.05, 4.69) is 5.32 Å². The average molecular weight is 375 g/mol. The number of hydrogen-bond acceptors (Lipinski definition) is 6. The predicted molar refractivity (Wildman–Crippen MR) is 99.0 cm³/mol. The number of amides is 1. The van der Waals surface area contributed by atoms with Gasteiger partial charge in [0.1, 0.15) is 11.6 Å². The molecule has 1 aromatic carbocycles. The van der Waals surface area contributed by atoms with E-state index in [0.29, 0.717) is 17.6 Å². The predicted octanol–water partition coefficient (Wildman–Crippen LogP) is 2.53. The lowest BCUT2D eigenvalue weighted by Gasteiger charge is -2.21. The van der Waals surface area contributed by atoms with E-state index in [1.807, 2.05) is 39.0 Å². The van der Waals surface area contributed by atoms with E-state index < -0.39 is 30.5 Å². The molecule has 2 rings (SSSR count). The van der Waals surface area contributed by atoms with E-state index in [1.54, 1.807) is 0 Å². The van der Waals surface area contributed by atoms with E-state index in [-0.39, 0.29) is 12.3 Å². The van der Waals surface area contributed by atoms with E-state index in [9.17, 15) is 14.4 Å². The number of rotatable bonds is 8. The number of carbonyl (C=O) groups excluding carboxylic acids is 3. The van der Waals surface area contributed by atoms with Crippen molar-refractivity contribution in [3.05, 3.63) is 35.6 Å². The van der Waals surface area contributed by atoms with E-state index >= 15 is 0 Å². The first-order valence-corrected chi connectivity index (χ1v) is 8.85. The number of esters is 2. The van der Waals surface area contributed by atoms with Gasteiger partial charge in [-0.15, -0.1) is 0 Å². The molecule has 0 unspecified atom stereocenters. The Labute approximate surface area is 158 Å². The molecule has 0 aliphatic heterocycles. The Bertz CT molecular complexity index is 825. The summed E-state index contributed by atoms with van der Waals surface area (Å²) in [6.45, 7) is 5.23. The number of benzene rings is 1. The van der Waals surface area contributed by atoms with Gasteiger partial charge in [-0.2, -0.15) is 0 Å². The fourth-order valence-electron chi connectivity index (χ4n) is 2.69. The van der Waals surface area contributed by atoms with Crippen LogP contribution >= 0.6 is 0 Å². The van der Waals surface area contributed by atoms with Crippen LogP contribution in [-0.2, 0) is 30.3 Å². The summed E-state index contributed by atoms with van der Waals surface area (Å²) >= 11 is 0. The van der Waals surface area contributed by atoms with Gasteiger partial charge in [-0.05, 0) is 24.5 Å². The summed E-state index contributed by atoms with van der Waals surface area (Å²) in [4.78, 5) is 35.9. The maximum absolute atomic E-state index is 12.1. The Morgan fingerprint density at radius 1 is 1.26 bits per heavy atom. The highest BCUT2D eigenvalue weighted by molar-refractivity contribution is 5.88. The largest absolute Gasteiger partial charge is 0.467 e. The molecule has 0 radical (unpaired) electrons. The van der Waals surface area contributed by atoms with Crippen LogP contribution < -0.4 is 5.32 Å². The average Bonchev–Trinajstić information content (AvgIpc) is 3.04. The molecule has 0 fully saturated rings. The van der Waals surface area contributed by atoms with Crippen LogP contribution in [-0.4, -0.2) is 37.6 Å². The van der Waals surface area contributed by atoms with Crippen molar-refractivity contribution >= 4 is 28.8 Å². The zero-order valence-electron chi connectivity index (χ0n) is 16.0. The topological polar surface area (TPSA) is 94.8 Å². The Morgan fingerprint density at radius 2 is 2.00 bits per heavy atom. The smallest absolute Gasteiger partial charge is 0.328 e. The number of furan rings is 1. The summed E-state index contributed by atoms with van der Waals surface area (Å²) < 4.78 is 15.2. The van der Waals surface area contributed by atoms with Gasteiger partial charge in [0.15, 0.2) is 6.61 Å². The molecule has 1 N–H and O–H groups in total. The molecule has 1 heterocycles. The van der Waals surface area contributed by atoms with Crippen molar-refractivity contribution in [1.29, 1.82) is 0 Å². The highest BCUT2D eigenvalue weighted by Gasteiger charge is 2.27. The summed E-state index contributed by atoms with van der Waals surface area (Å²) in [6.07, 6.45) is 2.20. The van der Waals surface area contributed by atoms with Crippen LogP contribution in [0.5, 0.6) is 0 Å². The van der Waals surface area contributed by atoms with Crippen LogP contribution in [0.1, 0.15) is 31.4 Å². The molecule has 0 saturated heterocycles. The fourth-order valence-corrected chi connectivity index (χ4v) is 2.69. The molecular weight excluding hydrogens is 350 g/mol. The van der Waals surface area contributed by atoms with Gasteiger partial charge in [0, 0.05) is 10.9 Å². The molecule has 27 heavy (non-hydrogen) atoms. The molecule has 0 aliphatic carbocycles. The molecule has 1 aromatic heterocycles. The summed E-state index contributed by atoms with van der Waals surface area (Å²) in [5, 5.41) is 3.40. The number of aryl methyl sites for hydroxylation is 1. The summed E-state index contributed by atoms with van der Waals surface area (Å²) in [5.74, 6) is -1.72. The molecule has 0 spiro atoms. The zero-order chi connectivity index (χ0) is 20.0. The molecule has 7 nitrogen and oxygen atoms in total. The lowest BCUT2D eigenvalue weighted by Crippen LogP contribution is -2.47. The van der Waals surface area contributed by atoms with Crippen LogP contribution in [0.4, 0.5) is 0 Å². The lowest BCUT2D eigenvalue weighted by atomic mass is 9.99. The van der Waals surface area contributed by atoms with E-state index in [0.717, 1.165) is 10.9 Å². The van der Waals surface area contributed by atoms with Crippen LogP contribution in [0.3, 0.4) is 0 Å². The molecule has 2 atom stereocenters. The van der Waals surface area contributed by atoms with Gasteiger partial charge in [0.2, 0.25) is 0 Å². The third-order valence-electron chi connectivity index (χ3n) is 4.49. The number of ether oxygens (including phenoxy) is 2. The highest BCUT2D eigenvalue weighted by Crippen LogP contribution is 2.22. The lowest BCUT2D eigenvalue weighted by molar-refractivity contribution is -0.150. The first kappa shape index (κ1) is 20.5. The van der Waals surface area contributed by atoms with Gasteiger partial charge in [-0.3, -0.25) is 9.59 Å². The normalized spacial score (nSPS) is 13.0. The van der Waals surface area contributed by atoms with Crippen LogP contribution in [0.25, 0.3) is 11.0 Å². The number of carbonyl (C=O) groups is 3. The summed E-state index contributed by atoms with van der Waals surface area (Å²) in [5.41, 5.74) is 2.46. The highest BCUT2D eigenvalue weighted by atomic mass is 16.5. The quantitative estimate of drug-likeness (QED) is 0.713. The Hall–Kier alpha value is -2.83. The summed E-state index contributed by atoms with van der Waals surface area (Å²) in [7, 11) is 1.26. The minimum Gasteiger partial charge on any atom is -0.467 e. The second-order valence-corrected chi connectivity index (χ2v) is 6.55. The molecule has 1 amide bonds.